The summed E-state index contributed by atoms with van der Waals surface area (Å²) in [7, 11) is 0. The summed E-state index contributed by atoms with van der Waals surface area (Å²) in [6.45, 7) is 9.75. The van der Waals surface area contributed by atoms with E-state index in [4.69, 9.17) is 9.47 Å². The van der Waals surface area contributed by atoms with E-state index in [0.29, 0.717) is 50.6 Å². The minimum absolute atomic E-state index is 0.0627. The monoisotopic (exact) mass is 516 g/mol. The number of hydrogen-bond acceptors (Lipinski definition) is 4. The molecule has 0 heterocycles. The zero-order chi connectivity index (χ0) is 27.3. The van der Waals surface area contributed by atoms with Crippen LogP contribution in [0.4, 0.5) is 0 Å². The van der Waals surface area contributed by atoms with E-state index >= 15 is 0 Å². The second-order valence-corrected chi connectivity index (χ2v) is 9.20. The van der Waals surface area contributed by atoms with Gasteiger partial charge in [0.05, 0.1) is 13.2 Å². The highest BCUT2D eigenvalue weighted by Gasteiger charge is 2.30. The highest BCUT2D eigenvalue weighted by molar-refractivity contribution is 5.88. The van der Waals surface area contributed by atoms with E-state index in [1.54, 1.807) is 4.90 Å². The number of benzene rings is 3. The molecule has 1 atom stereocenters. The number of nitrogens with zero attached hydrogens (tertiary/aromatic N) is 1. The number of carbonyl (C=O) groups excluding carboxylic acids is 2. The maximum atomic E-state index is 13.8. The van der Waals surface area contributed by atoms with Crippen LogP contribution in [0.3, 0.4) is 0 Å². The van der Waals surface area contributed by atoms with Crippen LogP contribution in [-0.4, -0.2) is 42.5 Å². The number of rotatable bonds is 14. The lowest BCUT2D eigenvalue weighted by molar-refractivity contribution is -0.141. The second kappa shape index (κ2) is 14.8. The van der Waals surface area contributed by atoms with Gasteiger partial charge in [0.1, 0.15) is 6.04 Å². The summed E-state index contributed by atoms with van der Waals surface area (Å²) < 4.78 is 11.4. The maximum absolute atomic E-state index is 13.8. The molecule has 202 valence electrons. The predicted octanol–water partition coefficient (Wildman–Crippen LogP) is 5.50. The summed E-state index contributed by atoms with van der Waals surface area (Å²) in [4.78, 5) is 28.9. The summed E-state index contributed by atoms with van der Waals surface area (Å²) in [5.74, 6) is 1.18. The minimum Gasteiger partial charge on any atom is -0.490 e. The van der Waals surface area contributed by atoms with E-state index in [-0.39, 0.29) is 18.2 Å². The van der Waals surface area contributed by atoms with Gasteiger partial charge in [-0.15, -0.1) is 0 Å². The largest absolute Gasteiger partial charge is 0.490 e. The first-order valence-electron chi connectivity index (χ1n) is 13.5. The third-order valence-corrected chi connectivity index (χ3v) is 6.46. The summed E-state index contributed by atoms with van der Waals surface area (Å²) in [6.07, 6.45) is 1.25. The molecular formula is C32H40N2O4. The van der Waals surface area contributed by atoms with Gasteiger partial charge in [-0.05, 0) is 68.5 Å². The van der Waals surface area contributed by atoms with E-state index in [2.05, 4.69) is 5.32 Å². The Kier molecular flexibility index (Phi) is 11.2. The molecule has 0 aromatic heterocycles. The summed E-state index contributed by atoms with van der Waals surface area (Å²) in [6, 6.07) is 23.1. The zero-order valence-electron chi connectivity index (χ0n) is 23.0. The number of amides is 2. The Bertz CT molecular complexity index is 1180. The zero-order valence-corrected chi connectivity index (χ0v) is 23.0. The fourth-order valence-corrected chi connectivity index (χ4v) is 4.46. The SMILES string of the molecule is CCNC(=O)[C@H](Cc1ccccc1)N(Cc1ccccc1C)C(=O)CCc1ccc(OCC)c(OCC)c1. The molecule has 38 heavy (non-hydrogen) atoms. The Morgan fingerprint density at radius 1 is 0.842 bits per heavy atom. The van der Waals surface area contributed by atoms with Crippen molar-refractivity contribution in [3.05, 3.63) is 95.1 Å². The van der Waals surface area contributed by atoms with Crippen molar-refractivity contribution < 1.29 is 19.1 Å². The van der Waals surface area contributed by atoms with Crippen LogP contribution < -0.4 is 14.8 Å². The molecule has 3 rings (SSSR count). The first-order chi connectivity index (χ1) is 18.5. The standard InChI is InChI=1S/C32H40N2O4/c1-5-33-32(36)28(21-25-14-9-8-10-15-25)34(23-27-16-12-11-13-24(27)4)31(35)20-18-26-17-19-29(37-6-2)30(22-26)38-7-3/h8-17,19,22,28H,5-7,18,20-21,23H2,1-4H3,(H,33,36)/t28-/m0/s1. The Morgan fingerprint density at radius 2 is 1.53 bits per heavy atom. The quantitative estimate of drug-likeness (QED) is 0.307. The van der Waals surface area contributed by atoms with Crippen LogP contribution in [0.1, 0.15) is 49.4 Å². The van der Waals surface area contributed by atoms with Crippen LogP contribution in [0.25, 0.3) is 0 Å². The summed E-state index contributed by atoms with van der Waals surface area (Å²) in [5, 5.41) is 2.95. The van der Waals surface area contributed by atoms with Crippen LogP contribution in [-0.2, 0) is 29.0 Å². The second-order valence-electron chi connectivity index (χ2n) is 9.20. The molecule has 1 N–H and O–H groups in total. The van der Waals surface area contributed by atoms with E-state index in [0.717, 1.165) is 22.3 Å². The minimum atomic E-state index is -0.622. The van der Waals surface area contributed by atoms with Crippen LogP contribution >= 0.6 is 0 Å². The van der Waals surface area contributed by atoms with Crippen molar-refractivity contribution in [3.8, 4) is 11.5 Å². The molecule has 0 aliphatic rings. The first-order valence-corrected chi connectivity index (χ1v) is 13.5. The molecule has 0 radical (unpaired) electrons. The van der Waals surface area contributed by atoms with Crippen molar-refractivity contribution in [2.75, 3.05) is 19.8 Å². The Morgan fingerprint density at radius 3 is 2.21 bits per heavy atom. The van der Waals surface area contributed by atoms with Gasteiger partial charge in [-0.3, -0.25) is 9.59 Å². The predicted molar refractivity (Wildman–Crippen MR) is 151 cm³/mol. The van der Waals surface area contributed by atoms with Gasteiger partial charge in [-0.1, -0.05) is 60.7 Å². The Balaban J connectivity index is 1.88. The lowest BCUT2D eigenvalue weighted by atomic mass is 10.0. The van der Waals surface area contributed by atoms with Gasteiger partial charge >= 0.3 is 0 Å². The Hall–Kier alpha value is -3.80. The van der Waals surface area contributed by atoms with Crippen LogP contribution in [0.5, 0.6) is 11.5 Å². The van der Waals surface area contributed by atoms with E-state index < -0.39 is 6.04 Å². The number of likely N-dealkylation sites (N-methyl/N-ethyl adjacent to an activating group) is 1. The van der Waals surface area contributed by atoms with Gasteiger partial charge in [-0.2, -0.15) is 0 Å². The summed E-state index contributed by atoms with van der Waals surface area (Å²) >= 11 is 0. The molecule has 0 aliphatic heterocycles. The fraction of sp³-hybridized carbons (Fsp3) is 0.375. The number of carbonyl (C=O) groups is 2. The Labute approximate surface area is 227 Å². The van der Waals surface area contributed by atoms with Crippen molar-refractivity contribution in [2.45, 2.75) is 59.5 Å². The topological polar surface area (TPSA) is 67.9 Å². The van der Waals surface area contributed by atoms with Crippen LogP contribution in [0.2, 0.25) is 0 Å². The van der Waals surface area contributed by atoms with Gasteiger partial charge in [0.15, 0.2) is 11.5 Å². The average Bonchev–Trinajstić information content (AvgIpc) is 2.92. The third kappa shape index (κ3) is 8.10. The fourth-order valence-electron chi connectivity index (χ4n) is 4.46. The molecule has 0 fully saturated rings. The molecule has 0 bridgehead atoms. The number of aryl methyl sites for hydroxylation is 2. The van der Waals surface area contributed by atoms with Crippen molar-refractivity contribution in [3.63, 3.8) is 0 Å². The highest BCUT2D eigenvalue weighted by Crippen LogP contribution is 2.29. The van der Waals surface area contributed by atoms with Crippen molar-refractivity contribution in [1.29, 1.82) is 0 Å². The van der Waals surface area contributed by atoms with Gasteiger partial charge in [-0.25, -0.2) is 0 Å². The van der Waals surface area contributed by atoms with E-state index in [1.807, 2.05) is 100 Å². The van der Waals surface area contributed by atoms with E-state index in [1.165, 1.54) is 0 Å². The van der Waals surface area contributed by atoms with E-state index in [9.17, 15) is 9.59 Å². The lowest BCUT2D eigenvalue weighted by Crippen LogP contribution is -2.50. The van der Waals surface area contributed by atoms with Gasteiger partial charge < -0.3 is 19.7 Å². The maximum Gasteiger partial charge on any atom is 0.243 e. The molecule has 0 aliphatic carbocycles. The molecule has 6 nitrogen and oxygen atoms in total. The normalized spacial score (nSPS) is 11.5. The van der Waals surface area contributed by atoms with Gasteiger partial charge in [0, 0.05) is 25.9 Å². The molecule has 3 aromatic carbocycles. The number of nitrogens with one attached hydrogen (secondary N) is 1. The molecule has 0 spiro atoms. The van der Waals surface area contributed by atoms with Crippen molar-refractivity contribution >= 4 is 11.8 Å². The first kappa shape index (κ1) is 28.8. The molecule has 0 saturated carbocycles. The molecule has 3 aromatic rings. The molecule has 0 saturated heterocycles. The number of hydrogen-bond donors (Lipinski definition) is 1. The van der Waals surface area contributed by atoms with Crippen molar-refractivity contribution in [1.82, 2.24) is 10.2 Å². The van der Waals surface area contributed by atoms with Gasteiger partial charge in [0.2, 0.25) is 11.8 Å². The van der Waals surface area contributed by atoms with Crippen molar-refractivity contribution in [2.24, 2.45) is 0 Å². The average molecular weight is 517 g/mol. The third-order valence-electron chi connectivity index (χ3n) is 6.46. The number of ether oxygens (including phenoxy) is 2. The molecule has 6 heteroatoms. The molecule has 2 amide bonds. The lowest BCUT2D eigenvalue weighted by Gasteiger charge is -2.32. The smallest absolute Gasteiger partial charge is 0.243 e. The van der Waals surface area contributed by atoms with Crippen LogP contribution in [0, 0.1) is 6.92 Å². The van der Waals surface area contributed by atoms with Crippen LogP contribution in [0.15, 0.2) is 72.8 Å². The highest BCUT2D eigenvalue weighted by atomic mass is 16.5. The van der Waals surface area contributed by atoms with Gasteiger partial charge in [0.25, 0.3) is 0 Å². The summed E-state index contributed by atoms with van der Waals surface area (Å²) in [5.41, 5.74) is 4.12. The molecular weight excluding hydrogens is 476 g/mol. The molecule has 0 unspecified atom stereocenters.